The van der Waals surface area contributed by atoms with Gasteiger partial charge in [-0.1, -0.05) is 0 Å². The summed E-state index contributed by atoms with van der Waals surface area (Å²) in [6.07, 6.45) is -0.386. The molecule has 0 aromatic heterocycles. The molecule has 1 fully saturated rings. The standard InChI is InChI=1S/C14H18N2O9S2/c1-6(17)25-14(24-2)7-4-26-12-9(15-8(18)5-27(3,22)23)11(19)16(12)10(7)13(20)21/h9,12,14H,4-5H2,1-3H3,(H,15,18)(H,20,21)/t9-,12+,14?/m0/s1. The maximum Gasteiger partial charge on any atom is 0.352 e. The Labute approximate surface area is 159 Å². The van der Waals surface area contributed by atoms with Crippen molar-refractivity contribution in [3.63, 3.8) is 0 Å². The third-order valence-electron chi connectivity index (χ3n) is 3.68. The van der Waals surface area contributed by atoms with Crippen molar-refractivity contribution in [2.45, 2.75) is 24.6 Å². The van der Waals surface area contributed by atoms with Crippen molar-refractivity contribution in [1.29, 1.82) is 0 Å². The maximum atomic E-state index is 12.4. The van der Waals surface area contributed by atoms with E-state index in [0.717, 1.165) is 29.8 Å². The Morgan fingerprint density at radius 2 is 2.04 bits per heavy atom. The normalized spacial score (nSPS) is 23.2. The predicted molar refractivity (Wildman–Crippen MR) is 92.0 cm³/mol. The number of nitrogens with one attached hydrogen (secondary N) is 1. The lowest BCUT2D eigenvalue weighted by molar-refractivity contribution is -0.165. The van der Waals surface area contributed by atoms with Crippen LogP contribution in [0.3, 0.4) is 0 Å². The number of hydrogen-bond donors (Lipinski definition) is 2. The van der Waals surface area contributed by atoms with Crippen LogP contribution in [0.4, 0.5) is 0 Å². The molecule has 0 bridgehead atoms. The van der Waals surface area contributed by atoms with Crippen molar-refractivity contribution >= 4 is 45.4 Å². The number of ether oxygens (including phenoxy) is 2. The SMILES string of the molecule is COC(OC(C)=O)C1=C(C(=O)O)N2C(=O)[C@H](NC(=O)CS(C)(=O)=O)[C@H]2SC1. The van der Waals surface area contributed by atoms with Gasteiger partial charge in [0.15, 0.2) is 9.84 Å². The Morgan fingerprint density at radius 1 is 1.41 bits per heavy atom. The molecule has 2 N–H and O–H groups in total. The lowest BCUT2D eigenvalue weighted by Gasteiger charge is -2.49. The summed E-state index contributed by atoms with van der Waals surface area (Å²) in [6.45, 7) is 1.13. The van der Waals surface area contributed by atoms with E-state index in [2.05, 4.69) is 5.32 Å². The molecule has 2 aliphatic rings. The molecule has 11 nitrogen and oxygen atoms in total. The highest BCUT2D eigenvalue weighted by Crippen LogP contribution is 2.41. The monoisotopic (exact) mass is 422 g/mol. The van der Waals surface area contributed by atoms with Gasteiger partial charge in [-0.05, 0) is 0 Å². The summed E-state index contributed by atoms with van der Waals surface area (Å²) in [5.74, 6) is -4.37. The Kier molecular flexibility index (Phi) is 6.17. The molecular formula is C14H18N2O9S2. The lowest BCUT2D eigenvalue weighted by atomic mass is 10.0. The zero-order chi connectivity index (χ0) is 20.5. The van der Waals surface area contributed by atoms with Crippen LogP contribution in [0.25, 0.3) is 0 Å². The minimum Gasteiger partial charge on any atom is -0.477 e. The van der Waals surface area contributed by atoms with Crippen LogP contribution >= 0.6 is 11.8 Å². The molecule has 0 spiro atoms. The van der Waals surface area contributed by atoms with Crippen LogP contribution in [0.1, 0.15) is 6.92 Å². The van der Waals surface area contributed by atoms with Crippen LogP contribution in [0.5, 0.6) is 0 Å². The lowest BCUT2D eigenvalue weighted by Crippen LogP contribution is -2.71. The quantitative estimate of drug-likeness (QED) is 0.275. The number of carbonyl (C=O) groups excluding carboxylic acids is 3. The highest BCUT2D eigenvalue weighted by Gasteiger charge is 2.55. The third-order valence-corrected chi connectivity index (χ3v) is 5.77. The molecule has 27 heavy (non-hydrogen) atoms. The molecule has 0 aromatic carbocycles. The fourth-order valence-electron chi connectivity index (χ4n) is 2.69. The number of thioether (sulfide) groups is 1. The van der Waals surface area contributed by atoms with Gasteiger partial charge >= 0.3 is 11.9 Å². The van der Waals surface area contributed by atoms with E-state index in [1.54, 1.807) is 0 Å². The van der Waals surface area contributed by atoms with Crippen LogP contribution in [-0.4, -0.2) is 84.8 Å². The predicted octanol–water partition coefficient (Wildman–Crippen LogP) is -1.69. The summed E-state index contributed by atoms with van der Waals surface area (Å²) in [6, 6.07) is -1.05. The Morgan fingerprint density at radius 3 is 2.52 bits per heavy atom. The minimum absolute atomic E-state index is 0.0698. The van der Waals surface area contributed by atoms with Gasteiger partial charge in [0.25, 0.3) is 5.91 Å². The smallest absolute Gasteiger partial charge is 0.352 e. The number of carboxylic acids is 1. The van der Waals surface area contributed by atoms with Crippen molar-refractivity contribution in [3.8, 4) is 0 Å². The zero-order valence-corrected chi connectivity index (χ0v) is 16.3. The molecule has 2 heterocycles. The molecule has 2 aliphatic heterocycles. The van der Waals surface area contributed by atoms with E-state index in [0.29, 0.717) is 0 Å². The summed E-state index contributed by atoms with van der Waals surface area (Å²) in [4.78, 5) is 48.0. The Hall–Kier alpha value is -2.12. The average Bonchev–Trinajstić information content (AvgIpc) is 2.54. The molecule has 3 atom stereocenters. The summed E-state index contributed by atoms with van der Waals surface area (Å²) in [5, 5.41) is 11.1. The molecule has 150 valence electrons. The van der Waals surface area contributed by atoms with Crippen molar-refractivity contribution in [2.24, 2.45) is 0 Å². The third kappa shape index (κ3) is 4.59. The molecule has 1 saturated heterocycles. The maximum absolute atomic E-state index is 12.4. The minimum atomic E-state index is -3.57. The van der Waals surface area contributed by atoms with Gasteiger partial charge in [-0.25, -0.2) is 13.2 Å². The van der Waals surface area contributed by atoms with Gasteiger partial charge in [0.05, 0.1) is 0 Å². The second-order valence-corrected chi connectivity index (χ2v) is 9.13. The van der Waals surface area contributed by atoms with Crippen LogP contribution < -0.4 is 5.32 Å². The number of fused-ring (bicyclic) bond motifs is 1. The first-order valence-corrected chi connectivity index (χ1v) is 10.6. The molecule has 2 amide bonds. The van der Waals surface area contributed by atoms with Crippen LogP contribution in [0, 0.1) is 0 Å². The second kappa shape index (κ2) is 7.86. The van der Waals surface area contributed by atoms with Gasteiger partial charge in [-0.2, -0.15) is 0 Å². The van der Waals surface area contributed by atoms with Crippen molar-refractivity contribution < 1.29 is 42.2 Å². The Bertz CT molecular complexity index is 820. The number of carbonyl (C=O) groups is 4. The van der Waals surface area contributed by atoms with Gasteiger partial charge in [0.1, 0.15) is 22.9 Å². The zero-order valence-electron chi connectivity index (χ0n) is 14.6. The van der Waals surface area contributed by atoms with Crippen molar-refractivity contribution in [1.82, 2.24) is 10.2 Å². The van der Waals surface area contributed by atoms with Gasteiger partial charge < -0.3 is 19.9 Å². The number of amides is 2. The van der Waals surface area contributed by atoms with Crippen LogP contribution in [0.15, 0.2) is 11.3 Å². The summed E-state index contributed by atoms with van der Waals surface area (Å²) in [5.41, 5.74) is -0.291. The molecule has 0 aliphatic carbocycles. The number of β-lactam (4-membered cyclic amide) rings is 1. The van der Waals surface area contributed by atoms with Gasteiger partial charge in [-0.15, -0.1) is 11.8 Å². The topological polar surface area (TPSA) is 156 Å². The van der Waals surface area contributed by atoms with Crippen molar-refractivity contribution in [2.75, 3.05) is 24.9 Å². The molecule has 0 aromatic rings. The molecule has 2 rings (SSSR count). The molecular weight excluding hydrogens is 404 g/mol. The molecule has 13 heteroatoms. The number of sulfone groups is 1. The van der Waals surface area contributed by atoms with Gasteiger partial charge in [-0.3, -0.25) is 19.3 Å². The summed E-state index contributed by atoms with van der Waals surface area (Å²) >= 11 is 1.13. The number of aliphatic carboxylic acids is 1. The first-order chi connectivity index (χ1) is 12.5. The number of carboxylic acid groups (broad SMARTS) is 1. The summed E-state index contributed by atoms with van der Waals surface area (Å²) < 4.78 is 32.3. The number of methoxy groups -OCH3 is 1. The first kappa shape index (κ1) is 21.2. The number of nitrogens with zero attached hydrogens (tertiary/aromatic N) is 1. The van der Waals surface area contributed by atoms with E-state index in [-0.39, 0.29) is 17.0 Å². The Balaban J connectivity index is 2.24. The fraction of sp³-hybridized carbons (Fsp3) is 0.571. The van der Waals surface area contributed by atoms with E-state index in [1.165, 1.54) is 7.11 Å². The molecule has 1 unspecified atom stereocenters. The fourth-order valence-corrected chi connectivity index (χ4v) is 4.61. The van der Waals surface area contributed by atoms with Crippen LogP contribution in [0.2, 0.25) is 0 Å². The number of esters is 1. The second-order valence-electron chi connectivity index (χ2n) is 5.88. The summed E-state index contributed by atoms with van der Waals surface area (Å²) in [7, 11) is -2.35. The van der Waals surface area contributed by atoms with E-state index < -0.39 is 57.0 Å². The molecule has 0 radical (unpaired) electrons. The van der Waals surface area contributed by atoms with Crippen molar-refractivity contribution in [3.05, 3.63) is 11.3 Å². The van der Waals surface area contributed by atoms with Gasteiger partial charge in [0, 0.05) is 31.6 Å². The van der Waals surface area contributed by atoms with Gasteiger partial charge in [0.2, 0.25) is 12.2 Å². The number of hydrogen-bond acceptors (Lipinski definition) is 9. The largest absolute Gasteiger partial charge is 0.477 e. The first-order valence-electron chi connectivity index (χ1n) is 7.54. The molecule has 0 saturated carbocycles. The number of rotatable bonds is 7. The van der Waals surface area contributed by atoms with Crippen LogP contribution in [-0.2, 0) is 38.5 Å². The van der Waals surface area contributed by atoms with E-state index in [4.69, 9.17) is 9.47 Å². The average molecular weight is 422 g/mol. The highest BCUT2D eigenvalue weighted by atomic mass is 32.2. The highest BCUT2D eigenvalue weighted by molar-refractivity contribution is 8.00. The van der Waals surface area contributed by atoms with E-state index in [1.807, 2.05) is 0 Å². The van der Waals surface area contributed by atoms with E-state index >= 15 is 0 Å². The van der Waals surface area contributed by atoms with E-state index in [9.17, 15) is 32.7 Å².